The zero-order chi connectivity index (χ0) is 22.2. The number of hydrogen-bond acceptors (Lipinski definition) is 9. The fraction of sp³-hybridized carbons (Fsp3) is 0.500. The summed E-state index contributed by atoms with van der Waals surface area (Å²) in [6.45, 7) is 2.99. The lowest BCUT2D eigenvalue weighted by molar-refractivity contribution is -0.116. The first-order valence-electron chi connectivity index (χ1n) is 10.7. The van der Waals surface area contributed by atoms with Gasteiger partial charge in [0.15, 0.2) is 16.9 Å². The molecule has 1 saturated heterocycles. The molecule has 0 N–H and O–H groups in total. The summed E-state index contributed by atoms with van der Waals surface area (Å²) < 4.78 is 7.47. The first-order chi connectivity index (χ1) is 15.5. The molecule has 1 aliphatic heterocycles. The molecule has 0 radical (unpaired) electrons. The van der Waals surface area contributed by atoms with E-state index in [1.165, 1.54) is 28.0 Å². The highest BCUT2D eigenvalue weighted by atomic mass is 32.2. The van der Waals surface area contributed by atoms with Gasteiger partial charge in [-0.2, -0.15) is 5.26 Å². The van der Waals surface area contributed by atoms with Crippen LogP contribution in [0, 0.1) is 18.3 Å². The Bertz CT molecular complexity index is 1280. The highest BCUT2D eigenvalue weighted by Gasteiger charge is 2.27. The van der Waals surface area contributed by atoms with E-state index in [0.29, 0.717) is 23.3 Å². The number of ether oxygens (including phenoxy) is 1. The number of thiophene rings is 1. The Morgan fingerprint density at radius 1 is 1.41 bits per heavy atom. The lowest BCUT2D eigenvalue weighted by Crippen LogP contribution is -2.29. The number of ketones is 1. The molecule has 0 bridgehead atoms. The molecule has 1 aliphatic carbocycles. The maximum absolute atomic E-state index is 13.5. The number of Topliss-reactive ketones (excluding diaryl/α,β-unsaturated/α-hetero) is 1. The molecular weight excluding hydrogens is 464 g/mol. The number of hydrogen-bond donors (Lipinski definition) is 0. The number of nitrogens with zero attached hydrogens (tertiary/aromatic N) is 4. The van der Waals surface area contributed by atoms with Crippen LogP contribution in [0.1, 0.15) is 46.3 Å². The zero-order valence-corrected chi connectivity index (χ0v) is 20.1. The van der Waals surface area contributed by atoms with E-state index in [4.69, 9.17) is 9.72 Å². The number of aryl methyl sites for hydroxylation is 3. The maximum atomic E-state index is 13.5. The number of fused-ring (bicyclic) bond motifs is 3. The summed E-state index contributed by atoms with van der Waals surface area (Å²) in [5.74, 6) is -1.06. The van der Waals surface area contributed by atoms with Gasteiger partial charge in [-0.3, -0.25) is 14.2 Å². The SMILES string of the molecule is Cc1csc([C@H](C#N)C(=O)CSc2nc3sc4c(c3c(=O)n2C[C@@H]2CCCO2)CCC4)n1. The Balaban J connectivity index is 1.46. The molecule has 2 aliphatic rings. The lowest BCUT2D eigenvalue weighted by atomic mass is 10.1. The van der Waals surface area contributed by atoms with E-state index in [0.717, 1.165) is 53.6 Å². The summed E-state index contributed by atoms with van der Waals surface area (Å²) in [6, 6.07) is 2.09. The number of carbonyl (C=O) groups is 1. The molecule has 5 rings (SSSR count). The standard InChI is InChI=1S/C22H22N4O3S3/c1-12-10-30-19(24-12)15(8-23)16(27)11-31-22-25-20-18(14-5-2-6-17(14)32-20)21(28)26(22)9-13-4-3-7-29-13/h10,13,15H,2-7,9,11H2,1H3/t13-,15+/m0/s1. The quantitative estimate of drug-likeness (QED) is 0.369. The van der Waals surface area contributed by atoms with E-state index >= 15 is 0 Å². The van der Waals surface area contributed by atoms with Gasteiger partial charge in [0.25, 0.3) is 5.56 Å². The molecule has 3 aromatic heterocycles. The third kappa shape index (κ3) is 4.03. The minimum atomic E-state index is -0.895. The molecule has 1 fully saturated rings. The summed E-state index contributed by atoms with van der Waals surface area (Å²) >= 11 is 4.15. The predicted octanol–water partition coefficient (Wildman–Crippen LogP) is 3.86. The number of thioether (sulfide) groups is 1. The molecular formula is C22H22N4O3S3. The fourth-order valence-corrected chi connectivity index (χ4v) is 7.39. The van der Waals surface area contributed by atoms with Crippen molar-refractivity contribution in [3.8, 4) is 6.07 Å². The second-order valence-corrected chi connectivity index (χ2v) is 11.0. The van der Waals surface area contributed by atoms with E-state index in [1.807, 2.05) is 12.3 Å². The second kappa shape index (κ2) is 9.06. The molecule has 4 heterocycles. The molecule has 0 unspecified atom stereocenters. The van der Waals surface area contributed by atoms with Crippen molar-refractivity contribution in [2.75, 3.05) is 12.4 Å². The van der Waals surface area contributed by atoms with Crippen LogP contribution >= 0.6 is 34.4 Å². The molecule has 0 amide bonds. The van der Waals surface area contributed by atoms with Crippen LogP contribution in [0.25, 0.3) is 10.2 Å². The molecule has 3 aromatic rings. The van der Waals surface area contributed by atoms with Gasteiger partial charge in [-0.25, -0.2) is 9.97 Å². The first kappa shape index (κ1) is 21.8. The molecule has 0 saturated carbocycles. The number of thiazole rings is 1. The average Bonchev–Trinajstić information content (AvgIpc) is 3.55. The number of aromatic nitrogens is 3. The molecule has 166 valence electrons. The van der Waals surface area contributed by atoms with Gasteiger partial charge in [0.1, 0.15) is 9.84 Å². The van der Waals surface area contributed by atoms with Crippen LogP contribution in [0.4, 0.5) is 0 Å². The van der Waals surface area contributed by atoms with Crippen LogP contribution in [-0.2, 0) is 28.9 Å². The number of nitriles is 1. The van der Waals surface area contributed by atoms with Gasteiger partial charge in [-0.1, -0.05) is 11.8 Å². The van der Waals surface area contributed by atoms with Crippen molar-refractivity contribution in [1.82, 2.24) is 14.5 Å². The van der Waals surface area contributed by atoms with Crippen molar-refractivity contribution in [3.63, 3.8) is 0 Å². The van der Waals surface area contributed by atoms with Gasteiger partial charge < -0.3 is 4.74 Å². The summed E-state index contributed by atoms with van der Waals surface area (Å²) in [7, 11) is 0. The molecule has 2 atom stereocenters. The van der Waals surface area contributed by atoms with Gasteiger partial charge in [0.2, 0.25) is 0 Å². The minimum absolute atomic E-state index is 0.0150. The summed E-state index contributed by atoms with van der Waals surface area (Å²) in [5.41, 5.74) is 1.92. The lowest BCUT2D eigenvalue weighted by Gasteiger charge is -2.16. The van der Waals surface area contributed by atoms with Crippen molar-refractivity contribution in [2.24, 2.45) is 0 Å². The summed E-state index contributed by atoms with van der Waals surface area (Å²) in [6.07, 6.45) is 4.89. The predicted molar refractivity (Wildman–Crippen MR) is 126 cm³/mol. The highest BCUT2D eigenvalue weighted by molar-refractivity contribution is 7.99. The van der Waals surface area contributed by atoms with Gasteiger partial charge >= 0.3 is 0 Å². The van der Waals surface area contributed by atoms with Gasteiger partial charge in [0, 0.05) is 22.6 Å². The first-order valence-corrected chi connectivity index (χ1v) is 13.4. The van der Waals surface area contributed by atoms with Crippen LogP contribution in [0.15, 0.2) is 15.3 Å². The minimum Gasteiger partial charge on any atom is -0.376 e. The van der Waals surface area contributed by atoms with Crippen molar-refractivity contribution < 1.29 is 9.53 Å². The third-order valence-corrected chi connectivity index (χ3v) is 9.09. The summed E-state index contributed by atoms with van der Waals surface area (Å²) in [5, 5.41) is 13.2. The third-order valence-electron chi connectivity index (χ3n) is 5.88. The van der Waals surface area contributed by atoms with Crippen molar-refractivity contribution in [2.45, 2.75) is 62.8 Å². The monoisotopic (exact) mass is 486 g/mol. The Morgan fingerprint density at radius 2 is 2.28 bits per heavy atom. The molecule has 10 heteroatoms. The van der Waals surface area contributed by atoms with Gasteiger partial charge in [-0.15, -0.1) is 22.7 Å². The molecule has 32 heavy (non-hydrogen) atoms. The normalized spacial score (nSPS) is 18.7. The highest BCUT2D eigenvalue weighted by Crippen LogP contribution is 2.36. The Hall–Kier alpha value is -2.06. The Kier molecular flexibility index (Phi) is 6.16. The van der Waals surface area contributed by atoms with E-state index < -0.39 is 5.92 Å². The maximum Gasteiger partial charge on any atom is 0.263 e. The molecule has 7 nitrogen and oxygen atoms in total. The van der Waals surface area contributed by atoms with Crippen molar-refractivity contribution in [1.29, 1.82) is 5.26 Å². The molecule has 0 aromatic carbocycles. The van der Waals surface area contributed by atoms with Crippen LogP contribution in [0.2, 0.25) is 0 Å². The Morgan fingerprint density at radius 3 is 3.00 bits per heavy atom. The van der Waals surface area contributed by atoms with E-state index in [2.05, 4.69) is 11.1 Å². The van der Waals surface area contributed by atoms with Crippen LogP contribution in [-0.4, -0.2) is 38.8 Å². The summed E-state index contributed by atoms with van der Waals surface area (Å²) in [4.78, 5) is 37.5. The Labute approximate surface area is 197 Å². The van der Waals surface area contributed by atoms with Crippen molar-refractivity contribution in [3.05, 3.63) is 36.9 Å². The molecule has 0 spiro atoms. The van der Waals surface area contributed by atoms with E-state index in [-0.39, 0.29) is 23.2 Å². The second-order valence-electron chi connectivity index (χ2n) is 8.13. The van der Waals surface area contributed by atoms with E-state index in [9.17, 15) is 14.9 Å². The van der Waals surface area contributed by atoms with Gasteiger partial charge in [-0.05, 0) is 44.6 Å². The zero-order valence-electron chi connectivity index (χ0n) is 17.6. The topological polar surface area (TPSA) is 97.9 Å². The van der Waals surface area contributed by atoms with Crippen LogP contribution in [0.5, 0.6) is 0 Å². The smallest absolute Gasteiger partial charge is 0.263 e. The van der Waals surface area contributed by atoms with Gasteiger partial charge in [0.05, 0.1) is 29.9 Å². The largest absolute Gasteiger partial charge is 0.376 e. The van der Waals surface area contributed by atoms with Crippen molar-refractivity contribution >= 4 is 50.4 Å². The fourth-order valence-electron chi connectivity index (χ4n) is 4.31. The number of rotatable bonds is 7. The number of carbonyl (C=O) groups excluding carboxylic acids is 1. The van der Waals surface area contributed by atoms with Crippen LogP contribution < -0.4 is 5.56 Å². The van der Waals surface area contributed by atoms with E-state index in [1.54, 1.807) is 15.9 Å². The van der Waals surface area contributed by atoms with Crippen LogP contribution in [0.3, 0.4) is 0 Å². The average molecular weight is 487 g/mol.